The molecule has 0 atom stereocenters. The van der Waals surface area contributed by atoms with Gasteiger partial charge in [-0.05, 0) is 122 Å². The van der Waals surface area contributed by atoms with Gasteiger partial charge in [-0.25, -0.2) is 0 Å². The van der Waals surface area contributed by atoms with E-state index in [-0.39, 0.29) is 17.7 Å². The molecular weight excluding hydrogens is 504 g/mol. The minimum Gasteiger partial charge on any atom is -0.496 e. The van der Waals surface area contributed by atoms with Crippen molar-refractivity contribution in [3.63, 3.8) is 0 Å². The minimum absolute atomic E-state index is 0.266. The van der Waals surface area contributed by atoms with E-state index in [4.69, 9.17) is 14.2 Å². The van der Waals surface area contributed by atoms with Crippen molar-refractivity contribution >= 4 is 23.8 Å². The third-order valence-electron chi connectivity index (χ3n) is 5.94. The quantitative estimate of drug-likeness (QED) is 0.0997. The van der Waals surface area contributed by atoms with E-state index >= 15 is 0 Å². The van der Waals surface area contributed by atoms with Crippen LogP contribution in [0.2, 0.25) is 0 Å². The van der Waals surface area contributed by atoms with Crippen LogP contribution in [0.15, 0.2) is 60.7 Å². The topological polar surface area (TPSA) is 78.9 Å². The predicted octanol–water partition coefficient (Wildman–Crippen LogP) is 7.73. The maximum Gasteiger partial charge on any atom is 0.316 e. The van der Waals surface area contributed by atoms with E-state index in [1.54, 1.807) is 79.0 Å². The van der Waals surface area contributed by atoms with Crippen molar-refractivity contribution in [1.29, 1.82) is 0 Å². The molecule has 2 rings (SSSR count). The normalized spacial score (nSPS) is 12.3. The molecule has 214 valence electrons. The average molecular weight is 547 g/mol. The number of methoxy groups -OCH3 is 1. The van der Waals surface area contributed by atoms with Gasteiger partial charge in [0, 0.05) is 5.56 Å². The lowest BCUT2D eigenvalue weighted by atomic mass is 9.95. The van der Waals surface area contributed by atoms with Crippen molar-refractivity contribution in [1.82, 2.24) is 0 Å². The molecule has 0 saturated carbocycles. The highest BCUT2D eigenvalue weighted by atomic mass is 16.5. The smallest absolute Gasteiger partial charge is 0.316 e. The molecule has 2 aromatic rings. The first-order valence-electron chi connectivity index (χ1n) is 13.4. The van der Waals surface area contributed by atoms with Crippen LogP contribution in [0.3, 0.4) is 0 Å². The first-order valence-corrected chi connectivity index (χ1v) is 13.4. The summed E-state index contributed by atoms with van der Waals surface area (Å²) in [6.07, 6.45) is 12.1. The van der Waals surface area contributed by atoms with Crippen LogP contribution >= 0.6 is 0 Å². The molecule has 0 fully saturated rings. The summed E-state index contributed by atoms with van der Waals surface area (Å²) < 4.78 is 17.2. The van der Waals surface area contributed by atoms with Crippen molar-refractivity contribution in [2.45, 2.75) is 68.2 Å². The summed E-state index contributed by atoms with van der Waals surface area (Å²) in [6.45, 7) is 14.6. The van der Waals surface area contributed by atoms with E-state index in [9.17, 15) is 14.4 Å². The van der Waals surface area contributed by atoms with E-state index in [0.29, 0.717) is 41.2 Å². The van der Waals surface area contributed by atoms with Crippen molar-refractivity contribution in [3.05, 3.63) is 83.0 Å². The molecule has 0 spiro atoms. The third-order valence-corrected chi connectivity index (χ3v) is 5.94. The van der Waals surface area contributed by atoms with Crippen molar-refractivity contribution in [3.8, 4) is 17.2 Å². The maximum absolute atomic E-state index is 13.2. The van der Waals surface area contributed by atoms with Crippen molar-refractivity contribution in [2.75, 3.05) is 7.11 Å². The van der Waals surface area contributed by atoms with Gasteiger partial charge in [0.15, 0.2) is 5.78 Å². The van der Waals surface area contributed by atoms with E-state index < -0.39 is 10.8 Å². The van der Waals surface area contributed by atoms with Crippen LogP contribution in [0.25, 0.3) is 6.08 Å². The third kappa shape index (κ3) is 8.80. The maximum atomic E-state index is 13.2. The van der Waals surface area contributed by atoms with Crippen LogP contribution in [-0.4, -0.2) is 24.8 Å². The van der Waals surface area contributed by atoms with Gasteiger partial charge in [-0.3, -0.25) is 14.4 Å². The molecular formula is C34H42O6. The molecule has 0 unspecified atom stereocenters. The van der Waals surface area contributed by atoms with Crippen LogP contribution in [0.5, 0.6) is 17.2 Å². The number of carbonyl (C=O) groups is 3. The molecule has 0 saturated heterocycles. The molecule has 0 N–H and O–H groups in total. The lowest BCUT2D eigenvalue weighted by Gasteiger charge is -2.22. The summed E-state index contributed by atoms with van der Waals surface area (Å²) in [5, 5.41) is 0. The van der Waals surface area contributed by atoms with Crippen LogP contribution in [-0.2, 0) is 22.4 Å². The number of allylic oxidation sites excluding steroid dienone is 5. The summed E-state index contributed by atoms with van der Waals surface area (Å²) in [4.78, 5) is 38.3. The predicted molar refractivity (Wildman–Crippen MR) is 160 cm³/mol. The lowest BCUT2D eigenvalue weighted by molar-refractivity contribution is -0.143. The summed E-state index contributed by atoms with van der Waals surface area (Å²) >= 11 is 0. The van der Waals surface area contributed by atoms with E-state index in [1.807, 2.05) is 44.2 Å². The number of carbonyl (C=O) groups excluding carboxylic acids is 3. The number of hydrogen-bond donors (Lipinski definition) is 0. The second kappa shape index (κ2) is 13.9. The van der Waals surface area contributed by atoms with Gasteiger partial charge < -0.3 is 14.2 Å². The highest BCUT2D eigenvalue weighted by Gasteiger charge is 2.28. The Kier molecular flexibility index (Phi) is 11.2. The molecule has 0 amide bonds. The van der Waals surface area contributed by atoms with Crippen LogP contribution < -0.4 is 14.2 Å². The van der Waals surface area contributed by atoms with E-state index in [2.05, 4.69) is 0 Å². The van der Waals surface area contributed by atoms with E-state index in [1.165, 1.54) is 6.08 Å². The zero-order valence-corrected chi connectivity index (χ0v) is 25.2. The zero-order chi connectivity index (χ0) is 30.1. The highest BCUT2D eigenvalue weighted by Crippen LogP contribution is 2.39. The molecule has 0 aliphatic carbocycles. The first-order chi connectivity index (χ1) is 18.7. The Bertz CT molecular complexity index is 1300. The SMILES string of the molecule is CC=CCc1cc(CC=CC)c(OC(=O)C(C)(C)C)c(C=CC(=O)c2ccc(OC(=O)C(C)(C)C)cc2)c1OC. The largest absolute Gasteiger partial charge is 0.496 e. The number of hydrogen-bond acceptors (Lipinski definition) is 6. The standard InChI is InChI=1S/C34H42O6/c1-10-12-14-24-22-25(15-13-11-2)30(40-32(37)34(6,7)8)27(29(24)38-9)20-21-28(35)23-16-18-26(19-17-23)39-31(36)33(3,4)5/h10-13,16-22H,14-15H2,1-9H3. The van der Waals surface area contributed by atoms with Gasteiger partial charge in [-0.1, -0.05) is 24.3 Å². The molecule has 0 bridgehead atoms. The van der Waals surface area contributed by atoms with Crippen LogP contribution in [0.1, 0.15) is 82.4 Å². The average Bonchev–Trinajstić information content (AvgIpc) is 2.89. The number of ether oxygens (including phenoxy) is 3. The van der Waals surface area contributed by atoms with Crippen molar-refractivity contribution < 1.29 is 28.6 Å². The number of ketones is 1. The van der Waals surface area contributed by atoms with Crippen molar-refractivity contribution in [2.24, 2.45) is 10.8 Å². The molecule has 40 heavy (non-hydrogen) atoms. The Morgan fingerprint density at radius 3 is 1.73 bits per heavy atom. The zero-order valence-electron chi connectivity index (χ0n) is 25.2. The Hall–Kier alpha value is -3.93. The molecule has 6 heteroatoms. The van der Waals surface area contributed by atoms with Crippen LogP contribution in [0, 0.1) is 10.8 Å². The van der Waals surface area contributed by atoms with E-state index in [0.717, 1.165) is 11.1 Å². The molecule has 0 aromatic heterocycles. The molecule has 2 aromatic carbocycles. The van der Waals surface area contributed by atoms with Gasteiger partial charge >= 0.3 is 11.9 Å². The molecule has 0 radical (unpaired) electrons. The summed E-state index contributed by atoms with van der Waals surface area (Å²) in [6, 6.07) is 8.38. The minimum atomic E-state index is -0.732. The fourth-order valence-corrected chi connectivity index (χ4v) is 3.54. The fraction of sp³-hybridized carbons (Fsp3) is 0.382. The van der Waals surface area contributed by atoms with Gasteiger partial charge in [0.1, 0.15) is 17.2 Å². The van der Waals surface area contributed by atoms with Gasteiger partial charge in [0.05, 0.1) is 23.5 Å². The van der Waals surface area contributed by atoms with Gasteiger partial charge in [0.2, 0.25) is 0 Å². The van der Waals surface area contributed by atoms with Crippen LogP contribution in [0.4, 0.5) is 0 Å². The molecule has 0 heterocycles. The first kappa shape index (κ1) is 32.3. The number of rotatable bonds is 10. The lowest BCUT2D eigenvalue weighted by Crippen LogP contribution is -2.26. The number of benzene rings is 2. The molecule has 0 aliphatic rings. The molecule has 0 aliphatic heterocycles. The summed E-state index contributed by atoms with van der Waals surface area (Å²) in [5.41, 5.74) is 1.28. The second-order valence-corrected chi connectivity index (χ2v) is 11.5. The Labute approximate surface area is 238 Å². The summed E-state index contributed by atoms with van der Waals surface area (Å²) in [5.74, 6) is 0.253. The Morgan fingerprint density at radius 1 is 0.750 bits per heavy atom. The monoisotopic (exact) mass is 546 g/mol. The van der Waals surface area contributed by atoms with Gasteiger partial charge in [0.25, 0.3) is 0 Å². The Balaban J connectivity index is 2.57. The Morgan fingerprint density at radius 2 is 1.25 bits per heavy atom. The second-order valence-electron chi connectivity index (χ2n) is 11.5. The summed E-state index contributed by atoms with van der Waals surface area (Å²) in [7, 11) is 1.56. The van der Waals surface area contributed by atoms with Gasteiger partial charge in [-0.15, -0.1) is 0 Å². The fourth-order valence-electron chi connectivity index (χ4n) is 3.54. The van der Waals surface area contributed by atoms with Gasteiger partial charge in [-0.2, -0.15) is 0 Å². The highest BCUT2D eigenvalue weighted by molar-refractivity contribution is 6.07. The molecule has 6 nitrogen and oxygen atoms in total. The number of esters is 2.